The van der Waals surface area contributed by atoms with Crippen LogP contribution in [0.4, 0.5) is 0 Å². The molecule has 0 saturated carbocycles. The van der Waals surface area contributed by atoms with Crippen LogP contribution in [0.1, 0.15) is 30.0 Å². The van der Waals surface area contributed by atoms with Crippen molar-refractivity contribution in [2.24, 2.45) is 0 Å². The van der Waals surface area contributed by atoms with Gasteiger partial charge in [0, 0.05) is 17.3 Å². The van der Waals surface area contributed by atoms with E-state index in [0.717, 1.165) is 31.8 Å². The van der Waals surface area contributed by atoms with Crippen LogP contribution in [-0.4, -0.2) is 34.3 Å². The van der Waals surface area contributed by atoms with Crippen LogP contribution < -0.4 is 0 Å². The number of pyridine rings is 1. The van der Waals surface area contributed by atoms with Gasteiger partial charge in [0.1, 0.15) is 21.9 Å². The lowest BCUT2D eigenvalue weighted by Gasteiger charge is -2.06. The maximum atomic E-state index is 5.98. The van der Waals surface area contributed by atoms with Crippen molar-refractivity contribution in [3.05, 3.63) is 46.9 Å². The zero-order valence-electron chi connectivity index (χ0n) is 14.3. The zero-order chi connectivity index (χ0) is 18.0. The van der Waals surface area contributed by atoms with Gasteiger partial charge in [0.2, 0.25) is 0 Å². The molecule has 9 heteroatoms. The molecule has 0 unspecified atom stereocenters. The van der Waals surface area contributed by atoms with Gasteiger partial charge in [0.05, 0.1) is 16.7 Å². The second-order valence-electron chi connectivity index (χ2n) is 6.34. The van der Waals surface area contributed by atoms with E-state index in [1.807, 2.05) is 13.8 Å². The molecule has 0 aliphatic heterocycles. The SMILES string of the molecule is Cc1cc(C)c2c(n1)sc1c2ncn2nc([C@@H](C)n3cc(Cl)cn3)nc12. The van der Waals surface area contributed by atoms with Crippen LogP contribution >= 0.6 is 22.9 Å². The summed E-state index contributed by atoms with van der Waals surface area (Å²) in [4.78, 5) is 15.0. The van der Waals surface area contributed by atoms with Gasteiger partial charge < -0.3 is 0 Å². The Morgan fingerprint density at radius 2 is 2.08 bits per heavy atom. The van der Waals surface area contributed by atoms with Crippen molar-refractivity contribution < 1.29 is 0 Å². The fourth-order valence-electron chi connectivity index (χ4n) is 3.21. The highest BCUT2D eigenvalue weighted by Crippen LogP contribution is 2.35. The third-order valence-corrected chi connectivity index (χ3v) is 5.71. The van der Waals surface area contributed by atoms with Gasteiger partial charge in [-0.1, -0.05) is 11.6 Å². The van der Waals surface area contributed by atoms with E-state index in [1.165, 1.54) is 5.56 Å². The van der Waals surface area contributed by atoms with Crippen molar-refractivity contribution >= 4 is 49.0 Å². The van der Waals surface area contributed by atoms with E-state index in [2.05, 4.69) is 33.2 Å². The molecule has 0 amide bonds. The first-order valence-electron chi connectivity index (χ1n) is 8.12. The van der Waals surface area contributed by atoms with E-state index in [4.69, 9.17) is 16.6 Å². The minimum absolute atomic E-state index is 0.131. The Balaban J connectivity index is 1.75. The second kappa shape index (κ2) is 5.46. The van der Waals surface area contributed by atoms with Crippen LogP contribution in [0.5, 0.6) is 0 Å². The zero-order valence-corrected chi connectivity index (χ0v) is 15.9. The maximum absolute atomic E-state index is 5.98. The van der Waals surface area contributed by atoms with Crippen molar-refractivity contribution in [2.45, 2.75) is 26.8 Å². The predicted octanol–water partition coefficient (Wildman–Crippen LogP) is 3.96. The number of hydrogen-bond acceptors (Lipinski definition) is 6. The van der Waals surface area contributed by atoms with Crippen molar-refractivity contribution in [3.8, 4) is 0 Å². The molecular weight excluding hydrogens is 370 g/mol. The Morgan fingerprint density at radius 3 is 2.85 bits per heavy atom. The van der Waals surface area contributed by atoms with Gasteiger partial charge in [-0.25, -0.2) is 19.5 Å². The second-order valence-corrected chi connectivity index (χ2v) is 7.77. The third-order valence-electron chi connectivity index (χ3n) is 4.45. The van der Waals surface area contributed by atoms with E-state index in [-0.39, 0.29) is 6.04 Å². The molecule has 0 fully saturated rings. The molecule has 26 heavy (non-hydrogen) atoms. The molecule has 1 atom stereocenters. The van der Waals surface area contributed by atoms with E-state index in [9.17, 15) is 0 Å². The van der Waals surface area contributed by atoms with Crippen LogP contribution in [0.3, 0.4) is 0 Å². The van der Waals surface area contributed by atoms with Crippen LogP contribution in [-0.2, 0) is 0 Å². The molecule has 0 radical (unpaired) electrons. The number of nitrogens with zero attached hydrogens (tertiary/aromatic N) is 7. The van der Waals surface area contributed by atoms with Gasteiger partial charge >= 0.3 is 0 Å². The fourth-order valence-corrected chi connectivity index (χ4v) is 4.58. The van der Waals surface area contributed by atoms with E-state index in [0.29, 0.717) is 10.8 Å². The summed E-state index contributed by atoms with van der Waals surface area (Å²) in [5.41, 5.74) is 3.89. The van der Waals surface area contributed by atoms with Gasteiger partial charge in [0.15, 0.2) is 11.5 Å². The first-order valence-corrected chi connectivity index (χ1v) is 9.32. The summed E-state index contributed by atoms with van der Waals surface area (Å²) in [5, 5.41) is 10.5. The lowest BCUT2D eigenvalue weighted by molar-refractivity contribution is 0.536. The Morgan fingerprint density at radius 1 is 1.23 bits per heavy atom. The Bertz CT molecular complexity index is 1300. The summed E-state index contributed by atoms with van der Waals surface area (Å²) in [6.45, 7) is 6.09. The van der Waals surface area contributed by atoms with E-state index in [1.54, 1.807) is 39.3 Å². The van der Waals surface area contributed by atoms with E-state index >= 15 is 0 Å². The molecule has 5 aromatic rings. The van der Waals surface area contributed by atoms with Crippen LogP contribution in [0.15, 0.2) is 24.8 Å². The molecule has 0 aromatic carbocycles. The van der Waals surface area contributed by atoms with Crippen molar-refractivity contribution in [2.75, 3.05) is 0 Å². The fraction of sp³-hybridized carbons (Fsp3) is 0.235. The van der Waals surface area contributed by atoms with Crippen LogP contribution in [0.2, 0.25) is 5.02 Å². The number of hydrogen-bond donors (Lipinski definition) is 0. The molecule has 5 aromatic heterocycles. The summed E-state index contributed by atoms with van der Waals surface area (Å²) in [7, 11) is 0. The number of aryl methyl sites for hydroxylation is 2. The summed E-state index contributed by atoms with van der Waals surface area (Å²) < 4.78 is 4.46. The summed E-state index contributed by atoms with van der Waals surface area (Å²) >= 11 is 7.58. The van der Waals surface area contributed by atoms with Gasteiger partial charge in [0.25, 0.3) is 0 Å². The summed E-state index contributed by atoms with van der Waals surface area (Å²) in [5.74, 6) is 0.664. The Hall–Kier alpha value is -2.58. The largest absolute Gasteiger partial charge is 0.261 e. The number of rotatable bonds is 2. The third kappa shape index (κ3) is 2.22. The summed E-state index contributed by atoms with van der Waals surface area (Å²) in [6.07, 6.45) is 5.08. The summed E-state index contributed by atoms with van der Waals surface area (Å²) in [6, 6.07) is 1.95. The molecule has 7 nitrogen and oxygen atoms in total. The minimum atomic E-state index is -0.131. The highest BCUT2D eigenvalue weighted by Gasteiger charge is 2.19. The molecule has 0 saturated heterocycles. The molecular formula is C17H14ClN7S. The van der Waals surface area contributed by atoms with Gasteiger partial charge in [-0.15, -0.1) is 16.4 Å². The average molecular weight is 384 g/mol. The molecule has 0 aliphatic carbocycles. The number of halogens is 1. The molecule has 0 aliphatic rings. The molecule has 0 spiro atoms. The maximum Gasteiger partial charge on any atom is 0.176 e. The smallest absolute Gasteiger partial charge is 0.176 e. The predicted molar refractivity (Wildman–Crippen MR) is 102 cm³/mol. The first-order chi connectivity index (χ1) is 12.5. The van der Waals surface area contributed by atoms with Crippen LogP contribution in [0, 0.1) is 13.8 Å². The number of fused-ring (bicyclic) bond motifs is 5. The highest BCUT2D eigenvalue weighted by molar-refractivity contribution is 7.26. The van der Waals surface area contributed by atoms with Crippen LogP contribution in [0.25, 0.3) is 26.1 Å². The van der Waals surface area contributed by atoms with E-state index < -0.39 is 0 Å². The Labute approximate surface area is 157 Å². The lowest BCUT2D eigenvalue weighted by Crippen LogP contribution is -2.09. The average Bonchev–Trinajstić information content (AvgIpc) is 3.28. The topological polar surface area (TPSA) is 73.8 Å². The molecule has 5 rings (SSSR count). The molecule has 130 valence electrons. The standard InChI is InChI=1S/C17H14ClN7S/c1-8-4-9(2)21-17-12(8)13-14(26-17)16-22-15(23-25(16)7-19-13)10(3)24-6-11(18)5-20-24/h4-7,10H,1-3H3/t10-/m1/s1. The molecule has 5 heterocycles. The minimum Gasteiger partial charge on any atom is -0.261 e. The Kier molecular flexibility index (Phi) is 3.29. The molecule has 0 bridgehead atoms. The van der Waals surface area contributed by atoms with Crippen molar-refractivity contribution in [1.29, 1.82) is 0 Å². The number of thiophene rings is 1. The number of aromatic nitrogens is 7. The first kappa shape index (κ1) is 15.7. The van der Waals surface area contributed by atoms with Crippen molar-refractivity contribution in [1.82, 2.24) is 34.3 Å². The lowest BCUT2D eigenvalue weighted by atomic mass is 10.1. The normalized spacial score (nSPS) is 13.2. The van der Waals surface area contributed by atoms with Gasteiger partial charge in [-0.05, 0) is 32.4 Å². The van der Waals surface area contributed by atoms with Gasteiger partial charge in [-0.2, -0.15) is 5.10 Å². The van der Waals surface area contributed by atoms with Gasteiger partial charge in [-0.3, -0.25) is 4.68 Å². The molecule has 0 N–H and O–H groups in total. The monoisotopic (exact) mass is 383 g/mol. The highest BCUT2D eigenvalue weighted by atomic mass is 35.5. The van der Waals surface area contributed by atoms with Crippen molar-refractivity contribution in [3.63, 3.8) is 0 Å². The quantitative estimate of drug-likeness (QED) is 0.461.